The third-order valence-corrected chi connectivity index (χ3v) is 5.13. The van der Waals surface area contributed by atoms with Crippen LogP contribution in [0.3, 0.4) is 0 Å². The lowest BCUT2D eigenvalue weighted by Crippen LogP contribution is -2.23. The van der Waals surface area contributed by atoms with Crippen LogP contribution in [0.15, 0.2) is 12.1 Å². The molecule has 1 fully saturated rings. The van der Waals surface area contributed by atoms with Crippen LogP contribution in [-0.2, 0) is 16.0 Å². The number of anilines is 2. The second kappa shape index (κ2) is 9.57. The van der Waals surface area contributed by atoms with Gasteiger partial charge in [-0.25, -0.2) is 0 Å². The first-order valence-electron chi connectivity index (χ1n) is 10.2. The standard InChI is InChI=1S/C22H28N4O3/c1-4-18-17(12-23)22(24-13-15-6-8-28-9-7-15)16-10-20(25-14(3)27)21(29-5-2)11-19(16)26-18/h10-11,15H,4-9,13H2,1-3H3,(H,24,26)(H,25,27). The minimum Gasteiger partial charge on any atom is -0.492 e. The summed E-state index contributed by atoms with van der Waals surface area (Å²) in [7, 11) is 0. The van der Waals surface area contributed by atoms with Gasteiger partial charge in [0.25, 0.3) is 0 Å². The van der Waals surface area contributed by atoms with Gasteiger partial charge in [0.1, 0.15) is 11.8 Å². The van der Waals surface area contributed by atoms with E-state index in [4.69, 9.17) is 14.5 Å². The fraction of sp³-hybridized carbons (Fsp3) is 0.500. The number of nitrogens with zero attached hydrogens (tertiary/aromatic N) is 2. The third-order valence-electron chi connectivity index (χ3n) is 5.13. The van der Waals surface area contributed by atoms with Crippen LogP contribution < -0.4 is 15.4 Å². The second-order valence-corrected chi connectivity index (χ2v) is 7.19. The summed E-state index contributed by atoms with van der Waals surface area (Å²) < 4.78 is 11.2. The molecule has 0 aliphatic carbocycles. The molecule has 1 saturated heterocycles. The maximum atomic E-state index is 11.7. The zero-order chi connectivity index (χ0) is 20.8. The summed E-state index contributed by atoms with van der Waals surface area (Å²) in [4.78, 5) is 16.4. The van der Waals surface area contributed by atoms with Crippen molar-refractivity contribution < 1.29 is 14.3 Å². The molecule has 29 heavy (non-hydrogen) atoms. The number of rotatable bonds is 7. The molecule has 0 atom stereocenters. The Labute approximate surface area is 171 Å². The zero-order valence-corrected chi connectivity index (χ0v) is 17.3. The molecular formula is C22H28N4O3. The molecule has 7 heteroatoms. The Morgan fingerprint density at radius 2 is 2.10 bits per heavy atom. The first-order chi connectivity index (χ1) is 14.1. The van der Waals surface area contributed by atoms with Gasteiger partial charge in [-0.2, -0.15) is 5.26 Å². The molecule has 1 aliphatic heterocycles. The summed E-state index contributed by atoms with van der Waals surface area (Å²) in [6.07, 6.45) is 2.66. The highest BCUT2D eigenvalue weighted by atomic mass is 16.5. The zero-order valence-electron chi connectivity index (χ0n) is 17.3. The lowest BCUT2D eigenvalue weighted by Gasteiger charge is -2.24. The highest BCUT2D eigenvalue weighted by Crippen LogP contribution is 2.36. The highest BCUT2D eigenvalue weighted by molar-refractivity contribution is 6.01. The minimum absolute atomic E-state index is 0.180. The predicted molar refractivity (Wildman–Crippen MR) is 113 cm³/mol. The van der Waals surface area contributed by atoms with E-state index in [-0.39, 0.29) is 5.91 Å². The Morgan fingerprint density at radius 1 is 1.34 bits per heavy atom. The lowest BCUT2D eigenvalue weighted by atomic mass is 9.99. The number of carbonyl (C=O) groups is 1. The van der Waals surface area contributed by atoms with Gasteiger partial charge in [0, 0.05) is 38.1 Å². The molecule has 0 spiro atoms. The van der Waals surface area contributed by atoms with E-state index in [1.807, 2.05) is 26.0 Å². The number of aromatic nitrogens is 1. The number of fused-ring (bicyclic) bond motifs is 1. The van der Waals surface area contributed by atoms with Crippen molar-refractivity contribution in [3.05, 3.63) is 23.4 Å². The number of hydrogen-bond donors (Lipinski definition) is 2. The van der Waals surface area contributed by atoms with E-state index in [1.165, 1.54) is 6.92 Å². The largest absolute Gasteiger partial charge is 0.492 e. The number of benzene rings is 1. The summed E-state index contributed by atoms with van der Waals surface area (Å²) in [5.41, 5.74) is 3.41. The van der Waals surface area contributed by atoms with Crippen LogP contribution in [0, 0.1) is 17.2 Å². The van der Waals surface area contributed by atoms with Gasteiger partial charge >= 0.3 is 0 Å². The first kappa shape index (κ1) is 20.9. The molecule has 3 rings (SSSR count). The van der Waals surface area contributed by atoms with Gasteiger partial charge in [-0.1, -0.05) is 6.92 Å². The quantitative estimate of drug-likeness (QED) is 0.738. The van der Waals surface area contributed by atoms with Crippen molar-refractivity contribution in [1.82, 2.24) is 4.98 Å². The Hall–Kier alpha value is -2.85. The van der Waals surface area contributed by atoms with Crippen molar-refractivity contribution in [3.8, 4) is 11.8 Å². The van der Waals surface area contributed by atoms with Gasteiger partial charge in [-0.15, -0.1) is 0 Å². The van der Waals surface area contributed by atoms with E-state index in [1.54, 1.807) is 0 Å². The molecule has 1 aromatic heterocycles. The number of hydrogen-bond acceptors (Lipinski definition) is 6. The summed E-state index contributed by atoms with van der Waals surface area (Å²) >= 11 is 0. The Morgan fingerprint density at radius 3 is 2.72 bits per heavy atom. The number of amides is 1. The van der Waals surface area contributed by atoms with Crippen molar-refractivity contribution in [3.63, 3.8) is 0 Å². The summed E-state index contributed by atoms with van der Waals surface area (Å²) in [5, 5.41) is 17.0. The predicted octanol–water partition coefficient (Wildman–Crippen LogP) is 3.86. The fourth-order valence-corrected chi connectivity index (χ4v) is 3.66. The van der Waals surface area contributed by atoms with Crippen molar-refractivity contribution in [2.24, 2.45) is 5.92 Å². The van der Waals surface area contributed by atoms with Crippen LogP contribution in [-0.4, -0.2) is 37.3 Å². The minimum atomic E-state index is -0.180. The molecule has 1 amide bonds. The number of pyridine rings is 1. The van der Waals surface area contributed by atoms with Gasteiger partial charge in [-0.3, -0.25) is 9.78 Å². The molecule has 7 nitrogen and oxygen atoms in total. The van der Waals surface area contributed by atoms with Crippen LogP contribution in [0.5, 0.6) is 5.75 Å². The van der Waals surface area contributed by atoms with Crippen molar-refractivity contribution in [2.45, 2.75) is 40.0 Å². The van der Waals surface area contributed by atoms with Crippen LogP contribution in [0.2, 0.25) is 0 Å². The Balaban J connectivity index is 2.10. The molecular weight excluding hydrogens is 368 g/mol. The highest BCUT2D eigenvalue weighted by Gasteiger charge is 2.20. The van der Waals surface area contributed by atoms with E-state index in [0.29, 0.717) is 35.9 Å². The van der Waals surface area contributed by atoms with Crippen LogP contribution >= 0.6 is 0 Å². The number of aryl methyl sites for hydroxylation is 1. The molecule has 0 bridgehead atoms. The van der Waals surface area contributed by atoms with E-state index in [2.05, 4.69) is 16.7 Å². The van der Waals surface area contributed by atoms with Crippen molar-refractivity contribution >= 4 is 28.2 Å². The number of ether oxygens (including phenoxy) is 2. The maximum absolute atomic E-state index is 11.7. The number of carbonyl (C=O) groups excluding carboxylic acids is 1. The summed E-state index contributed by atoms with van der Waals surface area (Å²) in [5.74, 6) is 0.895. The summed E-state index contributed by atoms with van der Waals surface area (Å²) in [6.45, 7) is 8.15. The van der Waals surface area contributed by atoms with E-state index in [0.717, 1.165) is 54.9 Å². The average molecular weight is 396 g/mol. The lowest BCUT2D eigenvalue weighted by molar-refractivity contribution is -0.114. The van der Waals surface area contributed by atoms with E-state index >= 15 is 0 Å². The normalized spacial score (nSPS) is 14.4. The molecule has 1 aliphatic rings. The third kappa shape index (κ3) is 4.77. The average Bonchev–Trinajstić information content (AvgIpc) is 2.72. The van der Waals surface area contributed by atoms with Crippen LogP contribution in [0.25, 0.3) is 10.9 Å². The topological polar surface area (TPSA) is 96.3 Å². The van der Waals surface area contributed by atoms with E-state index < -0.39 is 0 Å². The second-order valence-electron chi connectivity index (χ2n) is 7.19. The Bertz CT molecular complexity index is 930. The van der Waals surface area contributed by atoms with Crippen molar-refractivity contribution in [1.29, 1.82) is 5.26 Å². The first-order valence-corrected chi connectivity index (χ1v) is 10.2. The fourth-order valence-electron chi connectivity index (χ4n) is 3.66. The monoisotopic (exact) mass is 396 g/mol. The van der Waals surface area contributed by atoms with Gasteiger partial charge in [0.15, 0.2) is 0 Å². The molecule has 2 heterocycles. The van der Waals surface area contributed by atoms with Gasteiger partial charge in [-0.05, 0) is 38.2 Å². The maximum Gasteiger partial charge on any atom is 0.221 e. The van der Waals surface area contributed by atoms with Crippen molar-refractivity contribution in [2.75, 3.05) is 37.0 Å². The molecule has 0 unspecified atom stereocenters. The smallest absolute Gasteiger partial charge is 0.221 e. The molecule has 0 saturated carbocycles. The number of nitriles is 1. The Kier molecular flexibility index (Phi) is 6.89. The molecule has 2 aromatic rings. The summed E-state index contributed by atoms with van der Waals surface area (Å²) in [6, 6.07) is 6.01. The molecule has 0 radical (unpaired) electrons. The number of nitrogens with one attached hydrogen (secondary N) is 2. The van der Waals surface area contributed by atoms with Crippen LogP contribution in [0.4, 0.5) is 11.4 Å². The van der Waals surface area contributed by atoms with Gasteiger partial charge < -0.3 is 20.1 Å². The van der Waals surface area contributed by atoms with Gasteiger partial charge in [0.2, 0.25) is 5.91 Å². The molecule has 2 N–H and O–H groups in total. The van der Waals surface area contributed by atoms with E-state index in [9.17, 15) is 10.1 Å². The van der Waals surface area contributed by atoms with Crippen LogP contribution in [0.1, 0.15) is 44.9 Å². The SMILES string of the molecule is CCOc1cc2nc(CC)c(C#N)c(NCC3CCOCC3)c2cc1NC(C)=O. The molecule has 154 valence electrons. The van der Waals surface area contributed by atoms with Gasteiger partial charge in [0.05, 0.1) is 34.8 Å². The molecule has 1 aromatic carbocycles.